The summed E-state index contributed by atoms with van der Waals surface area (Å²) >= 11 is 0. The lowest BCUT2D eigenvalue weighted by atomic mass is 10.3. The third-order valence-electron chi connectivity index (χ3n) is 1.86. The molecule has 1 aromatic heterocycles. The Morgan fingerprint density at radius 2 is 1.54 bits per heavy atom. The molecule has 0 fully saturated rings. The number of hydrogen-bond acceptors (Lipinski definition) is 4. The molecule has 0 aliphatic rings. The van der Waals surface area contributed by atoms with Crippen molar-refractivity contribution < 1.29 is 5.48 Å². The fourth-order valence-electron chi connectivity index (χ4n) is 0.863. The molecule has 13 heavy (non-hydrogen) atoms. The van der Waals surface area contributed by atoms with Crippen molar-refractivity contribution in [3.63, 3.8) is 0 Å². The topological polar surface area (TPSA) is 128 Å². The molecule has 0 spiro atoms. The lowest BCUT2D eigenvalue weighted by Crippen LogP contribution is -2.48. The monoisotopic (exact) mass is 188 g/mol. The average molecular weight is 188 g/mol. The third-order valence-corrected chi connectivity index (χ3v) is 1.86. The molecular formula is C6H12N4O3. The minimum Gasteiger partial charge on any atom is -0.412 e. The van der Waals surface area contributed by atoms with Crippen LogP contribution in [0.4, 0.5) is 0 Å². The van der Waals surface area contributed by atoms with Gasteiger partial charge in [-0.25, -0.2) is 9.47 Å². The molecule has 0 aliphatic heterocycles. The second-order valence-electron chi connectivity index (χ2n) is 2.54. The van der Waals surface area contributed by atoms with E-state index in [1.807, 2.05) is 0 Å². The summed E-state index contributed by atoms with van der Waals surface area (Å²) in [5, 5.41) is 0. The van der Waals surface area contributed by atoms with Crippen molar-refractivity contribution in [1.82, 2.24) is 9.35 Å². The van der Waals surface area contributed by atoms with Crippen LogP contribution in [0, 0.1) is 13.8 Å². The Hall–Kier alpha value is -1.76. The van der Waals surface area contributed by atoms with Gasteiger partial charge in [0.1, 0.15) is 0 Å². The highest BCUT2D eigenvalue weighted by atomic mass is 16.2. The van der Waals surface area contributed by atoms with Gasteiger partial charge in [-0.05, 0) is 13.8 Å². The number of nitrogens with two attached hydrogens (primary N) is 2. The SMILES string of the molecule is Cc1c(C)n(N)c(=O)n(N)c1=O.O. The molecule has 7 heteroatoms. The van der Waals surface area contributed by atoms with Gasteiger partial charge in [-0.3, -0.25) is 4.79 Å². The van der Waals surface area contributed by atoms with Crippen molar-refractivity contribution in [2.24, 2.45) is 0 Å². The predicted octanol–water partition coefficient (Wildman–Crippen LogP) is -2.77. The summed E-state index contributed by atoms with van der Waals surface area (Å²) in [6, 6.07) is 0. The molecule has 0 unspecified atom stereocenters. The first-order valence-corrected chi connectivity index (χ1v) is 3.32. The number of nitrogens with zero attached hydrogens (tertiary/aromatic N) is 2. The average Bonchev–Trinajstić information content (AvgIpc) is 2.08. The van der Waals surface area contributed by atoms with E-state index in [0.29, 0.717) is 15.9 Å². The molecule has 0 radical (unpaired) electrons. The second kappa shape index (κ2) is 3.31. The van der Waals surface area contributed by atoms with Gasteiger partial charge in [-0.2, -0.15) is 4.68 Å². The maximum Gasteiger partial charge on any atom is 0.368 e. The van der Waals surface area contributed by atoms with Crippen LogP contribution in [0.5, 0.6) is 0 Å². The molecule has 1 rings (SSSR count). The zero-order chi connectivity index (χ0) is 9.46. The van der Waals surface area contributed by atoms with Gasteiger partial charge in [0, 0.05) is 5.56 Å². The van der Waals surface area contributed by atoms with Crippen LogP contribution < -0.4 is 22.9 Å². The largest absolute Gasteiger partial charge is 0.412 e. The Kier molecular flexibility index (Phi) is 2.87. The Bertz CT molecular complexity index is 393. The van der Waals surface area contributed by atoms with Crippen LogP contribution in [0.2, 0.25) is 0 Å². The van der Waals surface area contributed by atoms with Crippen molar-refractivity contribution >= 4 is 0 Å². The fraction of sp³-hybridized carbons (Fsp3) is 0.333. The van der Waals surface area contributed by atoms with Gasteiger partial charge in [-0.15, -0.1) is 0 Å². The molecule has 74 valence electrons. The lowest BCUT2D eigenvalue weighted by Gasteiger charge is -2.07. The molecule has 0 amide bonds. The van der Waals surface area contributed by atoms with E-state index < -0.39 is 11.2 Å². The molecule has 0 bridgehead atoms. The van der Waals surface area contributed by atoms with Crippen LogP contribution in [0.25, 0.3) is 0 Å². The molecule has 1 aromatic rings. The molecule has 7 nitrogen and oxygen atoms in total. The molecule has 0 saturated heterocycles. The summed E-state index contributed by atoms with van der Waals surface area (Å²) in [4.78, 5) is 22.2. The van der Waals surface area contributed by atoms with E-state index in [1.54, 1.807) is 13.8 Å². The zero-order valence-electron chi connectivity index (χ0n) is 7.37. The molecule has 6 N–H and O–H groups in total. The van der Waals surface area contributed by atoms with Gasteiger partial charge in [0.05, 0.1) is 5.69 Å². The first-order valence-electron chi connectivity index (χ1n) is 3.32. The zero-order valence-corrected chi connectivity index (χ0v) is 7.37. The fourth-order valence-corrected chi connectivity index (χ4v) is 0.863. The number of aromatic nitrogens is 2. The summed E-state index contributed by atoms with van der Waals surface area (Å²) in [7, 11) is 0. The number of hydrogen-bond donors (Lipinski definition) is 2. The van der Waals surface area contributed by atoms with Crippen LogP contribution in [0.3, 0.4) is 0 Å². The van der Waals surface area contributed by atoms with Gasteiger partial charge >= 0.3 is 5.69 Å². The summed E-state index contributed by atoms with van der Waals surface area (Å²) in [6.07, 6.45) is 0. The van der Waals surface area contributed by atoms with E-state index in [2.05, 4.69) is 0 Å². The van der Waals surface area contributed by atoms with Crippen molar-refractivity contribution in [3.05, 3.63) is 32.1 Å². The minimum absolute atomic E-state index is 0. The number of rotatable bonds is 0. The van der Waals surface area contributed by atoms with Gasteiger partial charge in [-0.1, -0.05) is 0 Å². The van der Waals surface area contributed by atoms with Crippen LogP contribution >= 0.6 is 0 Å². The van der Waals surface area contributed by atoms with Crippen molar-refractivity contribution in [2.75, 3.05) is 11.7 Å². The maximum absolute atomic E-state index is 11.1. The van der Waals surface area contributed by atoms with E-state index >= 15 is 0 Å². The number of nitrogen functional groups attached to an aromatic ring is 2. The van der Waals surface area contributed by atoms with Crippen molar-refractivity contribution in [1.29, 1.82) is 0 Å². The van der Waals surface area contributed by atoms with Crippen LogP contribution in [-0.2, 0) is 0 Å². The summed E-state index contributed by atoms with van der Waals surface area (Å²) in [6.45, 7) is 3.14. The lowest BCUT2D eigenvalue weighted by molar-refractivity contribution is 0.716. The van der Waals surface area contributed by atoms with E-state index in [1.165, 1.54) is 0 Å². The Balaban J connectivity index is 0.00000144. The summed E-state index contributed by atoms with van der Waals surface area (Å²) in [5.74, 6) is 10.5. The van der Waals surface area contributed by atoms with Gasteiger partial charge in [0.2, 0.25) is 0 Å². The van der Waals surface area contributed by atoms with Crippen LogP contribution in [0.1, 0.15) is 11.3 Å². The van der Waals surface area contributed by atoms with E-state index in [4.69, 9.17) is 11.7 Å². The van der Waals surface area contributed by atoms with Crippen molar-refractivity contribution in [2.45, 2.75) is 13.8 Å². The quantitative estimate of drug-likeness (QED) is 0.427. The summed E-state index contributed by atoms with van der Waals surface area (Å²) < 4.78 is 1.33. The highest BCUT2D eigenvalue weighted by molar-refractivity contribution is 5.14. The molecule has 1 heterocycles. The molecular weight excluding hydrogens is 176 g/mol. The minimum atomic E-state index is -0.719. The predicted molar refractivity (Wildman–Crippen MR) is 48.4 cm³/mol. The molecule has 0 aliphatic carbocycles. The highest BCUT2D eigenvalue weighted by Crippen LogP contribution is 1.91. The highest BCUT2D eigenvalue weighted by Gasteiger charge is 2.08. The third kappa shape index (κ3) is 1.41. The van der Waals surface area contributed by atoms with Crippen LogP contribution in [-0.4, -0.2) is 14.8 Å². The normalized spacial score (nSPS) is 9.38. The van der Waals surface area contributed by atoms with E-state index in [9.17, 15) is 9.59 Å². The molecule has 0 saturated carbocycles. The maximum atomic E-state index is 11.1. The van der Waals surface area contributed by atoms with E-state index in [0.717, 1.165) is 4.68 Å². The van der Waals surface area contributed by atoms with Gasteiger partial charge < -0.3 is 17.2 Å². The van der Waals surface area contributed by atoms with E-state index in [-0.39, 0.29) is 5.48 Å². The molecule has 0 atom stereocenters. The Morgan fingerprint density at radius 3 is 2.00 bits per heavy atom. The van der Waals surface area contributed by atoms with Crippen molar-refractivity contribution in [3.8, 4) is 0 Å². The standard InChI is InChI=1S/C6H10N4O2.H2O/c1-3-4(2)9(7)6(12)10(8)5(3)11;/h7-8H2,1-2H3;1H2. The van der Waals surface area contributed by atoms with Gasteiger partial charge in [0.15, 0.2) is 0 Å². The first kappa shape index (κ1) is 11.2. The second-order valence-corrected chi connectivity index (χ2v) is 2.54. The smallest absolute Gasteiger partial charge is 0.368 e. The van der Waals surface area contributed by atoms with Crippen LogP contribution in [0.15, 0.2) is 9.59 Å². The Labute approximate surface area is 73.4 Å². The first-order chi connectivity index (χ1) is 5.46. The Morgan fingerprint density at radius 1 is 1.08 bits per heavy atom. The molecule has 0 aromatic carbocycles. The summed E-state index contributed by atoms with van der Waals surface area (Å²) in [5.41, 5.74) is -0.436. The van der Waals surface area contributed by atoms with Gasteiger partial charge in [0.25, 0.3) is 5.56 Å².